The summed E-state index contributed by atoms with van der Waals surface area (Å²) in [6.45, 7) is 14.1. The molecule has 2 aliphatic heterocycles. The molecule has 1 aliphatic carbocycles. The summed E-state index contributed by atoms with van der Waals surface area (Å²) in [6.07, 6.45) is 1.59. The average Bonchev–Trinajstić information content (AvgIpc) is 3.55. The van der Waals surface area contributed by atoms with Crippen LogP contribution in [0.1, 0.15) is 63.6 Å². The summed E-state index contributed by atoms with van der Waals surface area (Å²) < 4.78 is 7.01. The number of carbonyl (C=O) groups excluding carboxylic acids is 2. The second-order valence-corrected chi connectivity index (χ2v) is 13.7. The number of rotatable bonds is 5. The predicted molar refractivity (Wildman–Crippen MR) is 171 cm³/mol. The third-order valence-corrected chi connectivity index (χ3v) is 9.22. The van der Waals surface area contributed by atoms with Gasteiger partial charge in [0.15, 0.2) is 17.5 Å². The largest absolute Gasteiger partial charge is 0.442 e. The summed E-state index contributed by atoms with van der Waals surface area (Å²) in [5.41, 5.74) is 3.44. The second-order valence-electron chi connectivity index (χ2n) is 13.3. The maximum absolute atomic E-state index is 13.8. The lowest BCUT2D eigenvalue weighted by Gasteiger charge is -2.38. The van der Waals surface area contributed by atoms with E-state index < -0.39 is 17.1 Å². The number of amides is 1. The Bertz CT molecular complexity index is 1840. The molecule has 10 nitrogen and oxygen atoms in total. The zero-order valence-electron chi connectivity index (χ0n) is 25.8. The summed E-state index contributed by atoms with van der Waals surface area (Å²) in [6, 6.07) is 12.2. The Labute approximate surface area is 261 Å². The first-order valence-corrected chi connectivity index (χ1v) is 15.5. The Hall–Kier alpha value is -4.18. The molecule has 1 saturated heterocycles. The molecule has 228 valence electrons. The molecule has 1 amide bonds. The van der Waals surface area contributed by atoms with Gasteiger partial charge in [0.05, 0.1) is 10.9 Å². The standard InChI is InChI=1S/C33H36ClN7O3/c1-7-40-24-11-8-18(2)12-22(24)33(30(40)42)14-23(33)20-9-10-21-25(13-20)41(31(43)44-32(4,5)6)38-27(21)37-28-26(34)29(36-17-35-28)39-15-19(3)16-39/h8-13,17,19,23H,7,14-16H2,1-6H3,(H,35,36,37,38)/t23-,33-/m0/s1. The highest BCUT2D eigenvalue weighted by Gasteiger charge is 2.67. The van der Waals surface area contributed by atoms with Gasteiger partial charge in [0, 0.05) is 36.6 Å². The SMILES string of the molecule is CCN1C(=O)[C@@]2(C[C@H]2c2ccc3c(Nc4ncnc(N5CC(C)C5)c4Cl)nn(C(=O)OC(C)(C)C)c3c2)c2cc(C)ccc21. The van der Waals surface area contributed by atoms with Crippen molar-refractivity contribution in [2.45, 2.75) is 64.9 Å². The highest BCUT2D eigenvalue weighted by Crippen LogP contribution is 2.66. The Balaban J connectivity index is 1.29. The van der Waals surface area contributed by atoms with Crippen molar-refractivity contribution in [1.82, 2.24) is 19.7 Å². The molecular formula is C33H36ClN7O3. The number of likely N-dealkylation sites (N-methyl/N-ethyl adjacent to an activating group) is 1. The van der Waals surface area contributed by atoms with Gasteiger partial charge >= 0.3 is 6.09 Å². The number of aryl methyl sites for hydroxylation is 1. The molecule has 1 N–H and O–H groups in total. The topological polar surface area (TPSA) is 105 Å². The predicted octanol–water partition coefficient (Wildman–Crippen LogP) is 6.56. The number of nitrogens with one attached hydrogen (secondary N) is 1. The molecule has 11 heteroatoms. The van der Waals surface area contributed by atoms with Gasteiger partial charge in [-0.3, -0.25) is 4.79 Å². The van der Waals surface area contributed by atoms with E-state index in [4.69, 9.17) is 16.3 Å². The van der Waals surface area contributed by atoms with Crippen molar-refractivity contribution in [2.24, 2.45) is 5.92 Å². The van der Waals surface area contributed by atoms with Crippen LogP contribution >= 0.6 is 11.6 Å². The van der Waals surface area contributed by atoms with Crippen molar-refractivity contribution in [3.05, 3.63) is 64.4 Å². The molecule has 4 aromatic rings. The maximum atomic E-state index is 13.8. The smallest absolute Gasteiger partial charge is 0.435 e. The number of nitrogens with zero attached hydrogens (tertiary/aromatic N) is 6. The van der Waals surface area contributed by atoms with Gasteiger partial charge < -0.3 is 19.9 Å². The van der Waals surface area contributed by atoms with E-state index in [-0.39, 0.29) is 11.8 Å². The molecule has 7 rings (SSSR count). The van der Waals surface area contributed by atoms with Crippen LogP contribution in [-0.4, -0.2) is 57.0 Å². The van der Waals surface area contributed by atoms with Crippen LogP contribution in [0.5, 0.6) is 0 Å². The van der Waals surface area contributed by atoms with Crippen LogP contribution in [0.3, 0.4) is 0 Å². The van der Waals surface area contributed by atoms with E-state index in [0.717, 1.165) is 35.5 Å². The van der Waals surface area contributed by atoms with Gasteiger partial charge in [-0.1, -0.05) is 42.3 Å². The van der Waals surface area contributed by atoms with Crippen molar-refractivity contribution in [1.29, 1.82) is 0 Å². The number of anilines is 4. The fourth-order valence-corrected chi connectivity index (χ4v) is 7.02. The monoisotopic (exact) mass is 613 g/mol. The molecular weight excluding hydrogens is 578 g/mol. The number of fused-ring (bicyclic) bond motifs is 3. The Morgan fingerprint density at radius 3 is 2.61 bits per heavy atom. The zero-order chi connectivity index (χ0) is 31.1. The van der Waals surface area contributed by atoms with E-state index in [1.165, 1.54) is 11.0 Å². The summed E-state index contributed by atoms with van der Waals surface area (Å²) in [5.74, 6) is 2.18. The van der Waals surface area contributed by atoms with Crippen molar-refractivity contribution in [2.75, 3.05) is 34.8 Å². The fourth-order valence-electron chi connectivity index (χ4n) is 6.76. The first kappa shape index (κ1) is 28.6. The first-order valence-electron chi connectivity index (χ1n) is 15.1. The van der Waals surface area contributed by atoms with Gasteiger partial charge in [-0.25, -0.2) is 14.8 Å². The van der Waals surface area contributed by atoms with E-state index in [0.29, 0.717) is 52.3 Å². The van der Waals surface area contributed by atoms with Crippen molar-refractivity contribution >= 4 is 57.6 Å². The highest BCUT2D eigenvalue weighted by atomic mass is 35.5. The lowest BCUT2D eigenvalue weighted by atomic mass is 9.91. The van der Waals surface area contributed by atoms with Crippen molar-refractivity contribution < 1.29 is 14.3 Å². The van der Waals surface area contributed by atoms with Crippen molar-refractivity contribution in [3.8, 4) is 0 Å². The minimum absolute atomic E-state index is 0.0207. The number of benzene rings is 2. The minimum atomic E-state index is -0.720. The lowest BCUT2D eigenvalue weighted by molar-refractivity contribution is -0.120. The first-order chi connectivity index (χ1) is 20.9. The third-order valence-electron chi connectivity index (χ3n) is 8.87. The summed E-state index contributed by atoms with van der Waals surface area (Å²) >= 11 is 6.76. The average molecular weight is 614 g/mol. The fraction of sp³-hybridized carbons (Fsp3) is 0.424. The molecule has 1 saturated carbocycles. The Kier molecular flexibility index (Phi) is 6.44. The van der Waals surface area contributed by atoms with Crippen molar-refractivity contribution in [3.63, 3.8) is 0 Å². The molecule has 2 atom stereocenters. The van der Waals surface area contributed by atoms with E-state index in [9.17, 15) is 9.59 Å². The highest BCUT2D eigenvalue weighted by molar-refractivity contribution is 6.35. The van der Waals surface area contributed by atoms with E-state index in [1.54, 1.807) is 0 Å². The number of hydrogen-bond donors (Lipinski definition) is 1. The Morgan fingerprint density at radius 2 is 1.91 bits per heavy atom. The summed E-state index contributed by atoms with van der Waals surface area (Å²) in [7, 11) is 0. The Morgan fingerprint density at radius 1 is 1.14 bits per heavy atom. The van der Waals surface area contributed by atoms with Crippen LogP contribution in [0.2, 0.25) is 5.02 Å². The van der Waals surface area contributed by atoms with Crippen LogP contribution in [-0.2, 0) is 14.9 Å². The zero-order valence-corrected chi connectivity index (χ0v) is 26.6. The molecule has 1 spiro atoms. The van der Waals surface area contributed by atoms with Gasteiger partial charge in [-0.15, -0.1) is 5.10 Å². The third kappa shape index (κ3) is 4.41. The molecule has 3 aliphatic rings. The number of halogens is 1. The van der Waals surface area contributed by atoms with Gasteiger partial charge in [0.1, 0.15) is 17.0 Å². The van der Waals surface area contributed by atoms with Crippen LogP contribution in [0.25, 0.3) is 10.9 Å². The van der Waals surface area contributed by atoms with Crippen LogP contribution < -0.4 is 15.1 Å². The minimum Gasteiger partial charge on any atom is -0.442 e. The van der Waals surface area contributed by atoms with E-state index in [1.807, 2.05) is 50.8 Å². The molecule has 0 bridgehead atoms. The number of ether oxygens (including phenoxy) is 1. The number of aromatic nitrogens is 4. The second kappa shape index (κ2) is 9.92. The van der Waals surface area contributed by atoms with Crippen LogP contribution in [0, 0.1) is 12.8 Å². The summed E-state index contributed by atoms with van der Waals surface area (Å²) in [5, 5.41) is 9.00. The van der Waals surface area contributed by atoms with E-state index >= 15 is 0 Å². The molecule has 0 unspecified atom stereocenters. The van der Waals surface area contributed by atoms with E-state index in [2.05, 4.69) is 57.3 Å². The molecule has 2 fully saturated rings. The molecule has 0 radical (unpaired) electrons. The van der Waals surface area contributed by atoms with Gasteiger partial charge in [0.2, 0.25) is 5.91 Å². The van der Waals surface area contributed by atoms with Crippen LogP contribution in [0.15, 0.2) is 42.7 Å². The summed E-state index contributed by atoms with van der Waals surface area (Å²) in [4.78, 5) is 40.0. The molecule has 2 aromatic carbocycles. The normalized spacial score (nSPS) is 21.2. The van der Waals surface area contributed by atoms with Crippen LogP contribution in [0.4, 0.5) is 27.9 Å². The maximum Gasteiger partial charge on any atom is 0.435 e. The molecule has 4 heterocycles. The molecule has 2 aromatic heterocycles. The van der Waals surface area contributed by atoms with Gasteiger partial charge in [-0.05, 0) is 76.3 Å². The molecule has 44 heavy (non-hydrogen) atoms. The van der Waals surface area contributed by atoms with Gasteiger partial charge in [0.25, 0.3) is 0 Å². The number of hydrogen-bond acceptors (Lipinski definition) is 8. The quantitative estimate of drug-likeness (QED) is 0.270. The lowest BCUT2D eigenvalue weighted by Crippen LogP contribution is -2.45. The van der Waals surface area contributed by atoms with Gasteiger partial charge in [-0.2, -0.15) is 4.68 Å². The number of carbonyl (C=O) groups is 2.